The molecular weight excluding hydrogens is 212 g/mol. The summed E-state index contributed by atoms with van der Waals surface area (Å²) in [6.45, 7) is -0.549. The zero-order chi connectivity index (χ0) is 11.7. The number of hydrogen-bond acceptors (Lipinski definition) is 4. The minimum absolute atomic E-state index is 0.0111. The van der Waals surface area contributed by atoms with Gasteiger partial charge < -0.3 is 15.3 Å². The van der Waals surface area contributed by atoms with Crippen molar-refractivity contribution < 1.29 is 15.3 Å². The molecule has 6 nitrogen and oxygen atoms in total. The lowest BCUT2D eigenvalue weighted by atomic mass is 10.3. The minimum Gasteiger partial charge on any atom is -0.508 e. The van der Waals surface area contributed by atoms with E-state index in [4.69, 9.17) is 5.11 Å². The number of rotatable bonds is 2. The van der Waals surface area contributed by atoms with Crippen LogP contribution in [0.4, 0.5) is 0 Å². The molecule has 1 aromatic carbocycles. The van der Waals surface area contributed by atoms with Crippen LogP contribution in [0.15, 0.2) is 29.1 Å². The van der Waals surface area contributed by atoms with Gasteiger partial charge in [-0.2, -0.15) is 0 Å². The van der Waals surface area contributed by atoms with Crippen LogP contribution in [0.25, 0.3) is 5.69 Å². The zero-order valence-electron chi connectivity index (χ0n) is 8.21. The summed E-state index contributed by atoms with van der Waals surface area (Å²) in [5.41, 5.74) is -0.277. The molecule has 6 heteroatoms. The number of H-pyrrole nitrogens is 1. The number of hydrogen-bond donors (Lipinski definition) is 4. The molecule has 0 unspecified atom stereocenters. The lowest BCUT2D eigenvalue weighted by Gasteiger charge is -2.04. The summed E-state index contributed by atoms with van der Waals surface area (Å²) in [5.74, 6) is -0.352. The van der Waals surface area contributed by atoms with E-state index in [9.17, 15) is 15.0 Å². The van der Waals surface area contributed by atoms with Gasteiger partial charge in [0.2, 0.25) is 5.88 Å². The van der Waals surface area contributed by atoms with Gasteiger partial charge in [0.1, 0.15) is 11.3 Å². The SMILES string of the molecule is O=c1[nH]n(-c2cccc(O)c2)c(O)c1CO. The second-order valence-corrected chi connectivity index (χ2v) is 3.26. The monoisotopic (exact) mass is 222 g/mol. The molecule has 1 heterocycles. The third-order valence-electron chi connectivity index (χ3n) is 2.22. The van der Waals surface area contributed by atoms with Crippen molar-refractivity contribution >= 4 is 0 Å². The van der Waals surface area contributed by atoms with Crippen LogP contribution in [-0.4, -0.2) is 25.1 Å². The van der Waals surface area contributed by atoms with E-state index in [1.807, 2.05) is 0 Å². The Hall–Kier alpha value is -2.21. The summed E-state index contributed by atoms with van der Waals surface area (Å²) in [7, 11) is 0. The van der Waals surface area contributed by atoms with E-state index >= 15 is 0 Å². The van der Waals surface area contributed by atoms with E-state index in [1.54, 1.807) is 12.1 Å². The molecule has 0 amide bonds. The van der Waals surface area contributed by atoms with Crippen molar-refractivity contribution in [3.63, 3.8) is 0 Å². The fourth-order valence-electron chi connectivity index (χ4n) is 1.42. The minimum atomic E-state index is -0.566. The van der Waals surface area contributed by atoms with Crippen molar-refractivity contribution in [2.45, 2.75) is 6.61 Å². The smallest absolute Gasteiger partial charge is 0.273 e. The Bertz CT molecular complexity index is 570. The van der Waals surface area contributed by atoms with Crippen molar-refractivity contribution in [2.24, 2.45) is 0 Å². The number of aliphatic hydroxyl groups is 1. The van der Waals surface area contributed by atoms with Gasteiger partial charge >= 0.3 is 0 Å². The lowest BCUT2D eigenvalue weighted by Crippen LogP contribution is -2.06. The maximum Gasteiger partial charge on any atom is 0.273 e. The third-order valence-corrected chi connectivity index (χ3v) is 2.22. The maximum absolute atomic E-state index is 11.3. The lowest BCUT2D eigenvalue weighted by molar-refractivity contribution is 0.273. The fraction of sp³-hybridized carbons (Fsp3) is 0.100. The molecule has 0 atom stereocenters. The molecule has 0 saturated heterocycles. The first-order valence-electron chi connectivity index (χ1n) is 4.56. The average molecular weight is 222 g/mol. The molecule has 0 radical (unpaired) electrons. The summed E-state index contributed by atoms with van der Waals surface area (Å²) in [4.78, 5) is 11.3. The van der Waals surface area contributed by atoms with E-state index in [-0.39, 0.29) is 17.2 Å². The van der Waals surface area contributed by atoms with Crippen molar-refractivity contribution in [2.75, 3.05) is 0 Å². The van der Waals surface area contributed by atoms with Gasteiger partial charge in [0, 0.05) is 6.07 Å². The number of aromatic amines is 1. The Morgan fingerprint density at radius 2 is 2.06 bits per heavy atom. The fourth-order valence-corrected chi connectivity index (χ4v) is 1.42. The van der Waals surface area contributed by atoms with Crippen LogP contribution in [-0.2, 0) is 6.61 Å². The van der Waals surface area contributed by atoms with Crippen LogP contribution in [0, 0.1) is 0 Å². The van der Waals surface area contributed by atoms with Gasteiger partial charge in [-0.15, -0.1) is 0 Å². The topological polar surface area (TPSA) is 98.5 Å². The predicted molar refractivity (Wildman–Crippen MR) is 55.6 cm³/mol. The molecule has 0 spiro atoms. The highest BCUT2D eigenvalue weighted by Crippen LogP contribution is 2.20. The number of aromatic nitrogens is 2. The summed E-state index contributed by atoms with van der Waals surface area (Å²) in [6, 6.07) is 6.00. The number of nitrogens with one attached hydrogen (secondary N) is 1. The Kier molecular flexibility index (Phi) is 2.41. The average Bonchev–Trinajstić information content (AvgIpc) is 2.54. The molecule has 0 bridgehead atoms. The predicted octanol–water partition coefficient (Wildman–Crippen LogP) is 0.0691. The molecule has 4 N–H and O–H groups in total. The molecule has 0 saturated carbocycles. The van der Waals surface area contributed by atoms with Gasteiger partial charge in [-0.1, -0.05) is 6.07 Å². The standard InChI is InChI=1S/C10H10N2O4/c13-5-8-9(15)11-12(10(8)16)6-2-1-3-7(14)4-6/h1-4,13-14,16H,5H2,(H,11,15). The van der Waals surface area contributed by atoms with Crippen molar-refractivity contribution in [3.05, 3.63) is 40.2 Å². The second kappa shape index (κ2) is 3.74. The van der Waals surface area contributed by atoms with E-state index in [2.05, 4.69) is 5.10 Å². The summed E-state index contributed by atoms with van der Waals surface area (Å²) in [6.07, 6.45) is 0. The number of aliphatic hydroxyl groups excluding tert-OH is 1. The summed E-state index contributed by atoms with van der Waals surface area (Å²) >= 11 is 0. The highest BCUT2D eigenvalue weighted by atomic mass is 16.3. The first-order valence-corrected chi connectivity index (χ1v) is 4.56. The van der Waals surface area contributed by atoms with E-state index < -0.39 is 12.2 Å². The molecule has 2 rings (SSSR count). The number of phenolic OH excluding ortho intramolecular Hbond substituents is 1. The highest BCUT2D eigenvalue weighted by molar-refractivity contribution is 5.41. The van der Waals surface area contributed by atoms with Gasteiger partial charge in [0.15, 0.2) is 0 Å². The molecule has 0 aliphatic heterocycles. The summed E-state index contributed by atoms with van der Waals surface area (Å²) < 4.78 is 1.09. The van der Waals surface area contributed by atoms with Gasteiger partial charge in [0.05, 0.1) is 12.3 Å². The van der Waals surface area contributed by atoms with Crippen LogP contribution < -0.4 is 5.56 Å². The van der Waals surface area contributed by atoms with Crippen LogP contribution >= 0.6 is 0 Å². The van der Waals surface area contributed by atoms with Crippen LogP contribution in [0.5, 0.6) is 11.6 Å². The molecule has 0 aliphatic carbocycles. The first-order chi connectivity index (χ1) is 7.63. The Morgan fingerprint density at radius 3 is 2.62 bits per heavy atom. The normalized spacial score (nSPS) is 10.6. The van der Waals surface area contributed by atoms with Gasteiger partial charge in [-0.25, -0.2) is 4.68 Å². The van der Waals surface area contributed by atoms with Crippen molar-refractivity contribution in [1.82, 2.24) is 9.78 Å². The first kappa shape index (κ1) is 10.3. The van der Waals surface area contributed by atoms with Gasteiger partial charge in [0.25, 0.3) is 5.56 Å². The molecule has 0 fully saturated rings. The van der Waals surface area contributed by atoms with E-state index in [0.29, 0.717) is 5.69 Å². The molecule has 84 valence electrons. The summed E-state index contributed by atoms with van der Waals surface area (Å²) in [5, 5.41) is 30.1. The van der Waals surface area contributed by atoms with Crippen molar-refractivity contribution in [1.29, 1.82) is 0 Å². The number of benzene rings is 1. The van der Waals surface area contributed by atoms with E-state index in [0.717, 1.165) is 4.68 Å². The quantitative estimate of drug-likeness (QED) is 0.577. The molecule has 0 aliphatic rings. The Morgan fingerprint density at radius 1 is 1.31 bits per heavy atom. The maximum atomic E-state index is 11.3. The van der Waals surface area contributed by atoms with E-state index in [1.165, 1.54) is 12.1 Å². The molecule has 2 aromatic rings. The van der Waals surface area contributed by atoms with Gasteiger partial charge in [-0.05, 0) is 12.1 Å². The molecule has 16 heavy (non-hydrogen) atoms. The zero-order valence-corrected chi connectivity index (χ0v) is 8.21. The number of phenols is 1. The van der Waals surface area contributed by atoms with Crippen molar-refractivity contribution in [3.8, 4) is 17.3 Å². The molecule has 1 aromatic heterocycles. The Labute approximate surface area is 90.0 Å². The van der Waals surface area contributed by atoms with Crippen LogP contribution in [0.2, 0.25) is 0 Å². The third kappa shape index (κ3) is 1.55. The molecular formula is C10H10N2O4. The van der Waals surface area contributed by atoms with Crippen LogP contribution in [0.3, 0.4) is 0 Å². The second-order valence-electron chi connectivity index (χ2n) is 3.26. The van der Waals surface area contributed by atoms with Crippen LogP contribution in [0.1, 0.15) is 5.56 Å². The largest absolute Gasteiger partial charge is 0.508 e. The number of nitrogens with zero attached hydrogens (tertiary/aromatic N) is 1. The highest BCUT2D eigenvalue weighted by Gasteiger charge is 2.13. The number of aromatic hydroxyl groups is 2. The van der Waals surface area contributed by atoms with Gasteiger partial charge in [-0.3, -0.25) is 9.89 Å². The Balaban J connectivity index is 2.61.